The fourth-order valence-corrected chi connectivity index (χ4v) is 4.91. The van der Waals surface area contributed by atoms with E-state index >= 15 is 0 Å². The Morgan fingerprint density at radius 1 is 1.14 bits per heavy atom. The van der Waals surface area contributed by atoms with Crippen molar-refractivity contribution in [3.05, 3.63) is 46.7 Å². The van der Waals surface area contributed by atoms with E-state index in [1.807, 2.05) is 23.7 Å². The molecule has 0 bridgehead atoms. The number of amides is 1. The first kappa shape index (κ1) is 19.5. The largest absolute Gasteiger partial charge is 0.350 e. The van der Waals surface area contributed by atoms with Crippen molar-refractivity contribution in [3.8, 4) is 0 Å². The molecular weight excluding hydrogens is 370 g/mol. The predicted octanol–water partition coefficient (Wildman–Crippen LogP) is 2.53. The Balaban J connectivity index is 1.23. The monoisotopic (exact) mass is 399 g/mol. The number of thiazole rings is 1. The molecule has 1 N–H and O–H groups in total. The minimum Gasteiger partial charge on any atom is -0.350 e. The van der Waals surface area contributed by atoms with Crippen molar-refractivity contribution in [1.29, 1.82) is 0 Å². The van der Waals surface area contributed by atoms with E-state index in [9.17, 15) is 4.79 Å². The highest BCUT2D eigenvalue weighted by Crippen LogP contribution is 2.24. The fraction of sp³-hybridized carbons (Fsp3) is 0.571. The van der Waals surface area contributed by atoms with Crippen molar-refractivity contribution in [2.45, 2.75) is 44.8 Å². The normalized spacial score (nSPS) is 22.2. The number of likely N-dealkylation sites (tertiary alicyclic amines) is 2. The average Bonchev–Trinajstić information content (AvgIpc) is 3.26. The van der Waals surface area contributed by atoms with Crippen molar-refractivity contribution >= 4 is 17.2 Å². The topological polar surface area (TPSA) is 61.4 Å². The molecule has 0 aromatic carbocycles. The van der Waals surface area contributed by atoms with Crippen LogP contribution in [0.2, 0.25) is 0 Å². The van der Waals surface area contributed by atoms with Crippen LogP contribution in [0.3, 0.4) is 0 Å². The molecule has 0 radical (unpaired) electrons. The van der Waals surface area contributed by atoms with Crippen LogP contribution in [0.15, 0.2) is 35.3 Å². The minimum atomic E-state index is 0.102. The highest BCUT2D eigenvalue weighted by atomic mass is 32.1. The molecular formula is C21H29N5OS. The van der Waals surface area contributed by atoms with Gasteiger partial charge in [0.1, 0.15) is 0 Å². The maximum Gasteiger partial charge on any atom is 0.224 e. The standard InChI is InChI=1S/C21H29N5OS/c27-21(23-12-18-5-1-2-8-22-18)17-4-3-9-26(13-17)20-6-10-25(11-7-20)14-19-15-28-16-24-19/h1-2,5,8,15-17,20H,3-4,6-7,9-14H2,(H,23,27)/t17-/m1/s1. The Morgan fingerprint density at radius 2 is 2.04 bits per heavy atom. The molecule has 0 spiro atoms. The zero-order valence-electron chi connectivity index (χ0n) is 16.3. The van der Waals surface area contributed by atoms with Crippen LogP contribution in [0, 0.1) is 5.92 Å². The number of aromatic nitrogens is 2. The predicted molar refractivity (Wildman–Crippen MR) is 111 cm³/mol. The van der Waals surface area contributed by atoms with Gasteiger partial charge >= 0.3 is 0 Å². The Morgan fingerprint density at radius 3 is 2.79 bits per heavy atom. The van der Waals surface area contributed by atoms with Gasteiger partial charge in [-0.25, -0.2) is 4.98 Å². The molecule has 4 rings (SSSR count). The summed E-state index contributed by atoms with van der Waals surface area (Å²) in [6.07, 6.45) is 6.25. The van der Waals surface area contributed by atoms with Crippen LogP contribution >= 0.6 is 11.3 Å². The van der Waals surface area contributed by atoms with Gasteiger partial charge in [0.15, 0.2) is 0 Å². The van der Waals surface area contributed by atoms with Gasteiger partial charge in [-0.2, -0.15) is 0 Å². The average molecular weight is 400 g/mol. The lowest BCUT2D eigenvalue weighted by Crippen LogP contribution is -2.50. The van der Waals surface area contributed by atoms with Crippen LogP contribution in [0.5, 0.6) is 0 Å². The number of hydrogen-bond donors (Lipinski definition) is 1. The molecule has 0 aliphatic carbocycles. The second kappa shape index (κ2) is 9.58. The molecule has 2 aromatic heterocycles. The number of carbonyl (C=O) groups excluding carboxylic acids is 1. The molecule has 6 nitrogen and oxygen atoms in total. The van der Waals surface area contributed by atoms with E-state index in [-0.39, 0.29) is 11.8 Å². The lowest BCUT2D eigenvalue weighted by Gasteiger charge is -2.42. The summed E-state index contributed by atoms with van der Waals surface area (Å²) in [5.74, 6) is 0.279. The summed E-state index contributed by atoms with van der Waals surface area (Å²) < 4.78 is 0. The zero-order chi connectivity index (χ0) is 19.2. The molecule has 4 heterocycles. The van der Waals surface area contributed by atoms with Gasteiger partial charge in [0.2, 0.25) is 5.91 Å². The quantitative estimate of drug-likeness (QED) is 0.809. The molecule has 1 atom stereocenters. The van der Waals surface area contributed by atoms with Gasteiger partial charge < -0.3 is 5.32 Å². The smallest absolute Gasteiger partial charge is 0.224 e. The van der Waals surface area contributed by atoms with E-state index in [1.165, 1.54) is 18.5 Å². The van der Waals surface area contributed by atoms with Gasteiger partial charge in [0.25, 0.3) is 0 Å². The molecule has 2 aliphatic heterocycles. The van der Waals surface area contributed by atoms with Gasteiger partial charge in [0.05, 0.1) is 29.4 Å². The van der Waals surface area contributed by atoms with E-state index in [2.05, 4.69) is 30.5 Å². The molecule has 150 valence electrons. The maximum absolute atomic E-state index is 12.6. The SMILES string of the molecule is O=C(NCc1ccccn1)[C@@H]1CCCN(C2CCN(Cc3cscn3)CC2)C1. The first-order valence-corrected chi connectivity index (χ1v) is 11.2. The van der Waals surface area contributed by atoms with Crippen LogP contribution in [0.25, 0.3) is 0 Å². The first-order valence-electron chi connectivity index (χ1n) is 10.3. The number of hydrogen-bond acceptors (Lipinski definition) is 6. The van der Waals surface area contributed by atoms with E-state index < -0.39 is 0 Å². The summed E-state index contributed by atoms with van der Waals surface area (Å²) >= 11 is 1.67. The molecule has 2 aliphatic rings. The Bertz CT molecular complexity index is 731. The first-order chi connectivity index (χ1) is 13.8. The fourth-order valence-electron chi connectivity index (χ4n) is 4.36. The third-order valence-electron chi connectivity index (χ3n) is 5.94. The van der Waals surface area contributed by atoms with E-state index in [1.54, 1.807) is 17.5 Å². The van der Waals surface area contributed by atoms with Crippen molar-refractivity contribution in [2.75, 3.05) is 26.2 Å². The van der Waals surface area contributed by atoms with E-state index in [0.29, 0.717) is 12.6 Å². The summed E-state index contributed by atoms with van der Waals surface area (Å²) in [7, 11) is 0. The summed E-state index contributed by atoms with van der Waals surface area (Å²) in [5, 5.41) is 5.23. The molecule has 28 heavy (non-hydrogen) atoms. The zero-order valence-corrected chi connectivity index (χ0v) is 17.1. The van der Waals surface area contributed by atoms with E-state index in [0.717, 1.165) is 51.3 Å². The number of nitrogens with zero attached hydrogens (tertiary/aromatic N) is 4. The third kappa shape index (κ3) is 5.16. The number of carbonyl (C=O) groups is 1. The summed E-state index contributed by atoms with van der Waals surface area (Å²) in [5.41, 5.74) is 4.01. The lowest BCUT2D eigenvalue weighted by molar-refractivity contribution is -0.127. The lowest BCUT2D eigenvalue weighted by atomic mass is 9.93. The highest BCUT2D eigenvalue weighted by molar-refractivity contribution is 7.07. The van der Waals surface area contributed by atoms with Crippen molar-refractivity contribution < 1.29 is 4.79 Å². The van der Waals surface area contributed by atoms with E-state index in [4.69, 9.17) is 0 Å². The number of rotatable bonds is 6. The highest BCUT2D eigenvalue weighted by Gasteiger charge is 2.31. The van der Waals surface area contributed by atoms with Gasteiger partial charge in [-0.1, -0.05) is 6.07 Å². The van der Waals surface area contributed by atoms with Crippen molar-refractivity contribution in [1.82, 2.24) is 25.1 Å². The Kier molecular flexibility index (Phi) is 6.67. The van der Waals surface area contributed by atoms with Crippen LogP contribution in [0.4, 0.5) is 0 Å². The Hall–Kier alpha value is -1.83. The third-order valence-corrected chi connectivity index (χ3v) is 6.57. The van der Waals surface area contributed by atoms with Gasteiger partial charge in [0, 0.05) is 43.8 Å². The second-order valence-corrected chi connectivity index (χ2v) is 8.58. The number of pyridine rings is 1. The summed E-state index contributed by atoms with van der Waals surface area (Å²) in [6.45, 7) is 5.75. The maximum atomic E-state index is 12.6. The molecule has 1 amide bonds. The molecule has 7 heteroatoms. The van der Waals surface area contributed by atoms with Crippen LogP contribution in [-0.2, 0) is 17.9 Å². The van der Waals surface area contributed by atoms with Crippen molar-refractivity contribution in [3.63, 3.8) is 0 Å². The van der Waals surface area contributed by atoms with Crippen LogP contribution in [-0.4, -0.2) is 57.9 Å². The second-order valence-electron chi connectivity index (χ2n) is 7.86. The van der Waals surface area contributed by atoms with Gasteiger partial charge in [-0.15, -0.1) is 11.3 Å². The minimum absolute atomic E-state index is 0.102. The number of nitrogens with one attached hydrogen (secondary N) is 1. The van der Waals surface area contributed by atoms with Crippen LogP contribution < -0.4 is 5.32 Å². The molecule has 2 fully saturated rings. The molecule has 2 saturated heterocycles. The summed E-state index contributed by atoms with van der Waals surface area (Å²) in [4.78, 5) is 26.4. The van der Waals surface area contributed by atoms with Crippen LogP contribution in [0.1, 0.15) is 37.1 Å². The summed E-state index contributed by atoms with van der Waals surface area (Å²) in [6, 6.07) is 6.41. The Labute approximate surface area is 171 Å². The number of piperidine rings is 2. The molecule has 0 unspecified atom stereocenters. The van der Waals surface area contributed by atoms with Gasteiger partial charge in [-0.05, 0) is 44.4 Å². The van der Waals surface area contributed by atoms with Crippen molar-refractivity contribution in [2.24, 2.45) is 5.92 Å². The molecule has 0 saturated carbocycles. The molecule has 2 aromatic rings. The van der Waals surface area contributed by atoms with Gasteiger partial charge in [-0.3, -0.25) is 19.6 Å².